The van der Waals surface area contributed by atoms with Gasteiger partial charge in [0.2, 0.25) is 0 Å². The van der Waals surface area contributed by atoms with Crippen molar-refractivity contribution in [1.82, 2.24) is 0 Å². The molecule has 0 aromatic rings. The molecule has 0 amide bonds. The topological polar surface area (TPSA) is 37.3 Å². The van der Waals surface area contributed by atoms with Crippen LogP contribution in [0.15, 0.2) is 0 Å². The fraction of sp³-hybridized carbons (Fsp3) is 0. The van der Waals surface area contributed by atoms with Gasteiger partial charge in [0.25, 0.3) is 0 Å². The van der Waals surface area contributed by atoms with E-state index in [1.165, 1.54) is 0 Å². The van der Waals surface area contributed by atoms with Crippen molar-refractivity contribution < 1.29 is 9.46 Å². The molecule has 1 atom stereocenters. The molecule has 0 aromatic carbocycles. The van der Waals surface area contributed by atoms with Crippen LogP contribution in [-0.4, -0.2) is 42.6 Å². The van der Waals surface area contributed by atoms with Crippen LogP contribution in [-0.2, 0) is 4.57 Å². The van der Waals surface area contributed by atoms with E-state index in [9.17, 15) is 0 Å². The largest absolute Gasteiger partial charge is 2.00 e. The van der Waals surface area contributed by atoms with Crippen molar-refractivity contribution in [3.63, 3.8) is 0 Å². The quantitative estimate of drug-likeness (QED) is 0.334. The van der Waals surface area contributed by atoms with Crippen LogP contribution in [0.25, 0.3) is 0 Å². The molecule has 0 fully saturated rings. The van der Waals surface area contributed by atoms with E-state index >= 15 is 0 Å². The van der Waals surface area contributed by atoms with Crippen LogP contribution >= 0.6 is 8.69 Å². The second-order valence-electron chi connectivity index (χ2n) is 0.0913. The zero-order valence-corrected chi connectivity index (χ0v) is 5.27. The number of hydrogen-bond acceptors (Lipinski definition) is 1. The fourth-order valence-electron chi connectivity index (χ4n) is 0. The third-order valence-corrected chi connectivity index (χ3v) is 0. The zero-order valence-electron chi connectivity index (χ0n) is 2.06. The minimum Gasteiger partial charge on any atom is -0.162 e. The average Bonchev–Trinajstić information content (AvgIpc) is 0.918. The molecule has 0 saturated carbocycles. The van der Waals surface area contributed by atoms with Gasteiger partial charge >= 0.3 is 46.4 Å². The summed E-state index contributed by atoms with van der Waals surface area (Å²) >= 11 is 0. The molecule has 0 radical (unpaired) electrons. The molecule has 0 spiro atoms. The van der Waals surface area contributed by atoms with Gasteiger partial charge in [0, 0.05) is 0 Å². The molecule has 18 valence electrons. The summed E-state index contributed by atoms with van der Waals surface area (Å²) in [5.41, 5.74) is 0. The molecule has 0 bridgehead atoms. The summed E-state index contributed by atoms with van der Waals surface area (Å²) in [5.74, 6) is 0. The molecule has 0 aromatic heterocycles. The Labute approximate surface area is 55.5 Å². The first kappa shape index (κ1) is 9.01. The van der Waals surface area contributed by atoms with E-state index < -0.39 is 8.69 Å². The van der Waals surface area contributed by atoms with E-state index in [1.807, 2.05) is 0 Å². The van der Waals surface area contributed by atoms with Crippen LogP contribution < -0.4 is 0 Å². The van der Waals surface area contributed by atoms with E-state index in [-0.39, 0.29) is 37.7 Å². The Balaban J connectivity index is 0. The summed E-state index contributed by atoms with van der Waals surface area (Å²) in [5, 5.41) is 0. The Morgan fingerprint density at radius 1 is 1.75 bits per heavy atom. The van der Waals surface area contributed by atoms with Crippen molar-refractivity contribution in [2.75, 3.05) is 0 Å². The van der Waals surface area contributed by atoms with Crippen molar-refractivity contribution in [1.29, 1.82) is 0 Å². The minimum absolute atomic E-state index is 0. The second-order valence-corrected chi connectivity index (χ2v) is 0.274. The van der Waals surface area contributed by atoms with Gasteiger partial charge in [-0.15, -0.1) is 0 Å². The van der Waals surface area contributed by atoms with Crippen molar-refractivity contribution >= 4 is 46.4 Å². The Hall–Kier alpha value is 1.32. The Morgan fingerprint density at radius 3 is 1.75 bits per heavy atom. The third-order valence-electron chi connectivity index (χ3n) is 0. The van der Waals surface area contributed by atoms with Crippen molar-refractivity contribution in [3.05, 3.63) is 0 Å². The van der Waals surface area contributed by atoms with Crippen molar-refractivity contribution in [3.8, 4) is 0 Å². The van der Waals surface area contributed by atoms with Crippen LogP contribution in [0.1, 0.15) is 0 Å². The molecule has 1 unspecified atom stereocenters. The third kappa shape index (κ3) is 10.3. The summed E-state index contributed by atoms with van der Waals surface area (Å²) in [6.07, 6.45) is 0. The van der Waals surface area contributed by atoms with Gasteiger partial charge in [0.15, 0.2) is 0 Å². The molecule has 0 saturated heterocycles. The van der Waals surface area contributed by atoms with Crippen LogP contribution in [0.3, 0.4) is 0 Å². The fourth-order valence-corrected chi connectivity index (χ4v) is 0. The van der Waals surface area contributed by atoms with Crippen LogP contribution in [0.4, 0.5) is 0 Å². The van der Waals surface area contributed by atoms with Gasteiger partial charge in [-0.3, -0.25) is 0 Å². The molecule has 1 N–H and O–H groups in total. The van der Waals surface area contributed by atoms with Crippen molar-refractivity contribution in [2.24, 2.45) is 0 Å². The molecule has 0 heterocycles. The molecular weight excluding hydrogens is 103 g/mol. The SMILES string of the molecule is O=[PH+]O.[Ca+2]. The van der Waals surface area contributed by atoms with Gasteiger partial charge in [-0.2, -0.15) is 4.89 Å². The van der Waals surface area contributed by atoms with Crippen LogP contribution in [0.2, 0.25) is 0 Å². The van der Waals surface area contributed by atoms with Crippen LogP contribution in [0.5, 0.6) is 0 Å². The van der Waals surface area contributed by atoms with Gasteiger partial charge in [0.05, 0.1) is 0 Å². The van der Waals surface area contributed by atoms with Gasteiger partial charge in [-0.1, -0.05) is 0 Å². The maximum atomic E-state index is 8.51. The predicted octanol–water partition coefficient (Wildman–Crippen LogP) is -0.463. The molecule has 4 heavy (non-hydrogen) atoms. The zero-order chi connectivity index (χ0) is 2.71. The second kappa shape index (κ2) is 8.85. The van der Waals surface area contributed by atoms with Gasteiger partial charge in [-0.25, -0.2) is 0 Å². The molecule has 2 nitrogen and oxygen atoms in total. The summed E-state index contributed by atoms with van der Waals surface area (Å²) in [4.78, 5) is 7.04. The summed E-state index contributed by atoms with van der Waals surface area (Å²) in [7, 11) is -1.17. The monoisotopic (exact) mass is 105 g/mol. The predicted molar refractivity (Wildman–Crippen MR) is 17.0 cm³/mol. The van der Waals surface area contributed by atoms with Crippen molar-refractivity contribution in [2.45, 2.75) is 0 Å². The first-order valence-corrected chi connectivity index (χ1v) is 1.28. The average molecular weight is 105 g/mol. The minimum atomic E-state index is -1.17. The number of rotatable bonds is 0. The van der Waals surface area contributed by atoms with E-state index in [0.717, 1.165) is 0 Å². The normalized spacial score (nSPS) is 5.25. The smallest absolute Gasteiger partial charge is 0.162 e. The first-order chi connectivity index (χ1) is 1.41. The maximum absolute atomic E-state index is 8.51. The maximum Gasteiger partial charge on any atom is 2.00 e. The standard InChI is InChI=1S/Ca.HO2P/c;1-3-2/h;3H/q+2;/p+1. The summed E-state index contributed by atoms with van der Waals surface area (Å²) < 4.78 is 8.51. The van der Waals surface area contributed by atoms with E-state index in [4.69, 9.17) is 9.46 Å². The first-order valence-electron chi connectivity index (χ1n) is 0.428. The Kier molecular flexibility index (Phi) is 19.9. The molecule has 4 heteroatoms. The Bertz CT molecular complexity index is 13.5. The van der Waals surface area contributed by atoms with E-state index in [1.54, 1.807) is 0 Å². The Morgan fingerprint density at radius 2 is 1.75 bits per heavy atom. The van der Waals surface area contributed by atoms with Gasteiger partial charge in [0.1, 0.15) is 0 Å². The van der Waals surface area contributed by atoms with E-state index in [2.05, 4.69) is 0 Å². The molecular formula is H2CaO2P+3. The van der Waals surface area contributed by atoms with Crippen LogP contribution in [0, 0.1) is 0 Å². The van der Waals surface area contributed by atoms with E-state index in [0.29, 0.717) is 0 Å². The molecule has 0 aliphatic heterocycles. The molecule has 0 rings (SSSR count). The molecule has 0 aliphatic rings. The van der Waals surface area contributed by atoms with Gasteiger partial charge in [-0.05, 0) is 4.57 Å². The molecule has 0 aliphatic carbocycles. The summed E-state index contributed by atoms with van der Waals surface area (Å²) in [6.45, 7) is 0. The van der Waals surface area contributed by atoms with Gasteiger partial charge < -0.3 is 0 Å². The number of hydrogen-bond donors (Lipinski definition) is 1. The summed E-state index contributed by atoms with van der Waals surface area (Å²) in [6, 6.07) is 0.